The Morgan fingerprint density at radius 2 is 1.68 bits per heavy atom. The van der Waals surface area contributed by atoms with Crippen molar-refractivity contribution in [2.75, 3.05) is 100 Å². The van der Waals surface area contributed by atoms with Gasteiger partial charge in [0.2, 0.25) is 11.8 Å². The Morgan fingerprint density at radius 1 is 0.943 bits per heavy atom. The van der Waals surface area contributed by atoms with Crippen LogP contribution in [0.3, 0.4) is 0 Å². The van der Waals surface area contributed by atoms with E-state index in [4.69, 9.17) is 4.98 Å². The molecule has 0 saturated carbocycles. The quantitative estimate of drug-likeness (QED) is 0.192. The van der Waals surface area contributed by atoms with Gasteiger partial charge < -0.3 is 39.9 Å². The largest absolute Gasteiger partial charge is 0.368 e. The van der Waals surface area contributed by atoms with Crippen molar-refractivity contribution in [3.63, 3.8) is 0 Å². The summed E-state index contributed by atoms with van der Waals surface area (Å²) in [7, 11) is 5.53. The summed E-state index contributed by atoms with van der Waals surface area (Å²) in [6, 6.07) is 14.3. The first kappa shape index (κ1) is 39.4. The van der Waals surface area contributed by atoms with Crippen LogP contribution in [0.15, 0.2) is 55.0 Å². The summed E-state index contributed by atoms with van der Waals surface area (Å²) in [5, 5.41) is 6.06. The molecule has 2 aliphatic heterocycles. The van der Waals surface area contributed by atoms with E-state index < -0.39 is 0 Å². The number of hydrogen-bond acceptors (Lipinski definition) is 11. The number of anilines is 5. The third-order valence-electron chi connectivity index (χ3n) is 10.6. The summed E-state index contributed by atoms with van der Waals surface area (Å²) >= 11 is 0. The first-order chi connectivity index (χ1) is 25.7. The topological polar surface area (TPSA) is 130 Å². The van der Waals surface area contributed by atoms with Crippen molar-refractivity contribution >= 4 is 46.9 Å². The Bertz CT molecular complexity index is 1600. The molecule has 2 unspecified atom stereocenters. The highest BCUT2D eigenvalue weighted by atomic mass is 16.2. The van der Waals surface area contributed by atoms with E-state index in [-0.39, 0.29) is 17.7 Å². The lowest BCUT2D eigenvalue weighted by Crippen LogP contribution is -2.51. The Balaban J connectivity index is 1.01. The lowest BCUT2D eigenvalue weighted by atomic mass is 9.94. The zero-order chi connectivity index (χ0) is 37.7. The maximum absolute atomic E-state index is 13.5. The van der Waals surface area contributed by atoms with Gasteiger partial charge in [0, 0.05) is 103 Å². The number of hydrogen-bond donors (Lipinski definition) is 2. The van der Waals surface area contributed by atoms with Crippen LogP contribution in [-0.2, 0) is 14.4 Å². The second kappa shape index (κ2) is 19.3. The summed E-state index contributed by atoms with van der Waals surface area (Å²) in [5.41, 5.74) is 2.96. The van der Waals surface area contributed by atoms with Gasteiger partial charge in [-0.25, -0.2) is 15.0 Å². The fraction of sp³-hybridized carbons (Fsp3) is 0.550. The van der Waals surface area contributed by atoms with Crippen LogP contribution in [0.4, 0.5) is 28.8 Å². The number of piperidine rings is 1. The number of nitrogens with zero attached hydrogens (tertiary/aromatic N) is 8. The van der Waals surface area contributed by atoms with Crippen molar-refractivity contribution in [3.8, 4) is 0 Å². The number of carbonyl (C=O) groups is 3. The average Bonchev–Trinajstić information content (AvgIpc) is 3.19. The Kier molecular flexibility index (Phi) is 14.4. The fourth-order valence-electron chi connectivity index (χ4n) is 7.36. The molecule has 2 N–H and O–H groups in total. The molecule has 13 heteroatoms. The SMILES string of the molecule is CCN(CCC(C)CN1CCC(C(=O)N2CCN(c3ccc(Nc4cc(N(C)C)ncn4)cc3)CC2)CC1)c1ccc(C(CCC=O)C(=O)NC)cn1. The highest BCUT2D eigenvalue weighted by Crippen LogP contribution is 2.26. The van der Waals surface area contributed by atoms with Crippen molar-refractivity contribution in [3.05, 3.63) is 60.6 Å². The number of carbonyl (C=O) groups excluding carboxylic acids is 3. The maximum atomic E-state index is 13.5. The molecule has 2 atom stereocenters. The minimum Gasteiger partial charge on any atom is -0.368 e. The Morgan fingerprint density at radius 3 is 2.30 bits per heavy atom. The number of likely N-dealkylation sites (tertiary alicyclic amines) is 1. The minimum atomic E-state index is -0.376. The highest BCUT2D eigenvalue weighted by Gasteiger charge is 2.31. The summed E-state index contributed by atoms with van der Waals surface area (Å²) in [5.74, 6) is 2.97. The molecule has 2 aliphatic rings. The molecular weight excluding hydrogens is 669 g/mol. The molecule has 4 heterocycles. The Hall–Kier alpha value is -4.78. The molecule has 2 fully saturated rings. The van der Waals surface area contributed by atoms with Crippen molar-refractivity contribution in [1.82, 2.24) is 30.1 Å². The molecule has 13 nitrogen and oxygen atoms in total. The summed E-state index contributed by atoms with van der Waals surface area (Å²) in [6.07, 6.45) is 7.89. The van der Waals surface area contributed by atoms with Gasteiger partial charge in [0.05, 0.1) is 5.92 Å². The summed E-state index contributed by atoms with van der Waals surface area (Å²) in [4.78, 5) is 61.3. The van der Waals surface area contributed by atoms with Crippen LogP contribution in [0.5, 0.6) is 0 Å². The van der Waals surface area contributed by atoms with Crippen molar-refractivity contribution in [2.24, 2.45) is 11.8 Å². The lowest BCUT2D eigenvalue weighted by Gasteiger charge is -2.39. The van der Waals surface area contributed by atoms with E-state index in [2.05, 4.69) is 78.3 Å². The van der Waals surface area contributed by atoms with E-state index in [1.165, 1.54) is 0 Å². The number of nitrogens with one attached hydrogen (secondary N) is 2. The van der Waals surface area contributed by atoms with Gasteiger partial charge in [-0.1, -0.05) is 13.0 Å². The number of aromatic nitrogens is 3. The van der Waals surface area contributed by atoms with E-state index in [1.54, 1.807) is 19.6 Å². The van der Waals surface area contributed by atoms with Gasteiger partial charge in [-0.05, 0) is 87.5 Å². The molecule has 2 amide bonds. The van der Waals surface area contributed by atoms with E-state index >= 15 is 0 Å². The monoisotopic (exact) mass is 726 g/mol. The predicted octanol–water partition coefficient (Wildman–Crippen LogP) is 4.40. The fourth-order valence-corrected chi connectivity index (χ4v) is 7.36. The predicted molar refractivity (Wildman–Crippen MR) is 212 cm³/mol. The van der Waals surface area contributed by atoms with Gasteiger partial charge in [0.15, 0.2) is 0 Å². The van der Waals surface area contributed by atoms with Crippen LogP contribution in [-0.4, -0.2) is 123 Å². The third kappa shape index (κ3) is 10.9. The number of rotatable bonds is 17. The van der Waals surface area contributed by atoms with Crippen LogP contribution in [0.1, 0.15) is 57.4 Å². The lowest BCUT2D eigenvalue weighted by molar-refractivity contribution is -0.137. The van der Waals surface area contributed by atoms with Gasteiger partial charge >= 0.3 is 0 Å². The zero-order valence-corrected chi connectivity index (χ0v) is 32.2. The Labute approximate surface area is 315 Å². The van der Waals surface area contributed by atoms with Gasteiger partial charge in [0.25, 0.3) is 0 Å². The molecule has 53 heavy (non-hydrogen) atoms. The van der Waals surface area contributed by atoms with Crippen LogP contribution in [0.25, 0.3) is 0 Å². The smallest absolute Gasteiger partial charge is 0.227 e. The summed E-state index contributed by atoms with van der Waals surface area (Å²) < 4.78 is 0. The molecule has 3 aromatic rings. The number of likely N-dealkylation sites (N-methyl/N-ethyl adjacent to an activating group) is 1. The van der Waals surface area contributed by atoms with E-state index in [0.29, 0.717) is 24.7 Å². The molecule has 2 saturated heterocycles. The van der Waals surface area contributed by atoms with Gasteiger partial charge in [-0.3, -0.25) is 9.59 Å². The number of benzene rings is 1. The number of aldehydes is 1. The second-order valence-electron chi connectivity index (χ2n) is 14.5. The normalized spacial score (nSPS) is 16.5. The molecule has 2 aromatic heterocycles. The minimum absolute atomic E-state index is 0.0963. The zero-order valence-electron chi connectivity index (χ0n) is 32.2. The molecular formula is C40H58N10O3. The molecule has 5 rings (SSSR count). The molecule has 286 valence electrons. The number of pyridine rings is 1. The number of piperazine rings is 1. The van der Waals surface area contributed by atoms with Gasteiger partial charge in [-0.15, -0.1) is 0 Å². The van der Waals surface area contributed by atoms with E-state index in [1.807, 2.05) is 37.2 Å². The van der Waals surface area contributed by atoms with Crippen LogP contribution in [0, 0.1) is 11.8 Å². The highest BCUT2D eigenvalue weighted by molar-refractivity contribution is 5.83. The first-order valence-electron chi connectivity index (χ1n) is 19.2. The van der Waals surface area contributed by atoms with Gasteiger partial charge in [-0.2, -0.15) is 0 Å². The first-order valence-corrected chi connectivity index (χ1v) is 19.2. The van der Waals surface area contributed by atoms with Crippen LogP contribution in [0.2, 0.25) is 0 Å². The standard InChI is InChI=1S/C40H58N10O3/c1-6-48(37-14-9-32(27-42-37)35(8-7-25-51)39(52)41-3)20-15-30(2)28-47-18-16-31(17-19-47)40(53)50-23-21-49(22-24-50)34-12-10-33(11-13-34)45-36-26-38(46(4)5)44-29-43-36/h9-14,25-27,29-31,35H,6-8,15-24,28H2,1-5H3,(H,41,52)(H,43,44,45). The maximum Gasteiger partial charge on any atom is 0.227 e. The third-order valence-corrected chi connectivity index (χ3v) is 10.6. The summed E-state index contributed by atoms with van der Waals surface area (Å²) in [6.45, 7) is 12.3. The molecule has 0 spiro atoms. The molecule has 1 aromatic carbocycles. The van der Waals surface area contributed by atoms with Crippen molar-refractivity contribution < 1.29 is 14.4 Å². The van der Waals surface area contributed by atoms with Crippen LogP contribution < -0.4 is 25.3 Å². The van der Waals surface area contributed by atoms with E-state index in [9.17, 15) is 14.4 Å². The number of amides is 2. The second-order valence-corrected chi connectivity index (χ2v) is 14.5. The van der Waals surface area contributed by atoms with Crippen molar-refractivity contribution in [1.29, 1.82) is 0 Å². The molecule has 0 bridgehead atoms. The van der Waals surface area contributed by atoms with E-state index in [0.717, 1.165) is 119 Å². The molecule has 0 aliphatic carbocycles. The van der Waals surface area contributed by atoms with Gasteiger partial charge in [0.1, 0.15) is 30.1 Å². The van der Waals surface area contributed by atoms with Crippen LogP contribution >= 0.6 is 0 Å². The van der Waals surface area contributed by atoms with Crippen molar-refractivity contribution in [2.45, 2.75) is 51.9 Å². The molecule has 0 radical (unpaired) electrons. The average molecular weight is 727 g/mol.